The predicted octanol–water partition coefficient (Wildman–Crippen LogP) is 5.31. The maximum atomic E-state index is 10.6. The van der Waals surface area contributed by atoms with Crippen LogP contribution in [0.25, 0.3) is 21.5 Å². The number of β-amino-alcohol motifs (C(OH)–C–C–N with tert-alkyl or cyclic N) is 1. The highest BCUT2D eigenvalue weighted by atomic mass is 16.5. The molecule has 0 bridgehead atoms. The molecule has 1 aliphatic rings. The molecular weight excluding hydrogens is 396 g/mol. The summed E-state index contributed by atoms with van der Waals surface area (Å²) in [5.74, 6) is 0.833. The van der Waals surface area contributed by atoms with Gasteiger partial charge in [0.2, 0.25) is 0 Å². The van der Waals surface area contributed by atoms with E-state index >= 15 is 0 Å². The number of aliphatic hydroxyl groups is 1. The van der Waals surface area contributed by atoms with Crippen LogP contribution in [0.4, 0.5) is 5.69 Å². The Hall–Kier alpha value is -3.08. The zero-order chi connectivity index (χ0) is 21.8. The van der Waals surface area contributed by atoms with Gasteiger partial charge in [-0.1, -0.05) is 72.8 Å². The maximum Gasteiger partial charge on any atom is 0.127 e. The van der Waals surface area contributed by atoms with Crippen molar-refractivity contribution in [3.05, 3.63) is 84.9 Å². The van der Waals surface area contributed by atoms with Gasteiger partial charge in [0.15, 0.2) is 0 Å². The van der Waals surface area contributed by atoms with Crippen molar-refractivity contribution in [2.24, 2.45) is 0 Å². The Balaban J connectivity index is 1.11. The summed E-state index contributed by atoms with van der Waals surface area (Å²) in [6, 6.07) is 29.6. The lowest BCUT2D eigenvalue weighted by Crippen LogP contribution is -2.43. The molecule has 0 radical (unpaired) electrons. The smallest absolute Gasteiger partial charge is 0.127 e. The zero-order valence-electron chi connectivity index (χ0n) is 18.3. The van der Waals surface area contributed by atoms with E-state index in [1.807, 2.05) is 24.3 Å². The van der Waals surface area contributed by atoms with Crippen LogP contribution in [-0.2, 0) is 0 Å². The molecule has 164 valence electrons. The molecule has 0 spiro atoms. The van der Waals surface area contributed by atoms with Gasteiger partial charge in [-0.3, -0.25) is 0 Å². The second kappa shape index (κ2) is 9.60. The van der Waals surface area contributed by atoms with Crippen LogP contribution in [0.2, 0.25) is 0 Å². The lowest BCUT2D eigenvalue weighted by Gasteiger charge is -2.34. The van der Waals surface area contributed by atoms with Crippen LogP contribution in [0.1, 0.15) is 12.8 Å². The summed E-state index contributed by atoms with van der Waals surface area (Å²) in [5, 5.41) is 19.1. The standard InChI is InChI=1S/C28H30N2O2/c31-24(20-32-28-14-6-10-22-8-2-4-12-26(22)28)19-30-17-15-23(16-18-30)29-27-13-5-9-21-7-1-3-11-25(21)27/h1-14,23-24,29,31H,15-20H2/t24-/m1/s1. The molecule has 4 aromatic rings. The van der Waals surface area contributed by atoms with Crippen LogP contribution in [0, 0.1) is 0 Å². The predicted molar refractivity (Wildman–Crippen MR) is 132 cm³/mol. The second-order valence-electron chi connectivity index (χ2n) is 8.69. The average molecular weight is 427 g/mol. The molecule has 5 rings (SSSR count). The van der Waals surface area contributed by atoms with Crippen LogP contribution >= 0.6 is 0 Å². The number of hydrogen-bond donors (Lipinski definition) is 2. The average Bonchev–Trinajstić information content (AvgIpc) is 2.84. The van der Waals surface area contributed by atoms with Gasteiger partial charge in [-0.05, 0) is 35.7 Å². The normalized spacial score (nSPS) is 16.3. The molecule has 4 nitrogen and oxygen atoms in total. The van der Waals surface area contributed by atoms with E-state index in [1.54, 1.807) is 0 Å². The number of piperidine rings is 1. The zero-order valence-corrected chi connectivity index (χ0v) is 18.3. The first-order valence-electron chi connectivity index (χ1n) is 11.5. The van der Waals surface area contributed by atoms with Crippen molar-refractivity contribution in [2.75, 3.05) is 31.6 Å². The van der Waals surface area contributed by atoms with Gasteiger partial charge in [0.05, 0.1) is 0 Å². The summed E-state index contributed by atoms with van der Waals surface area (Å²) in [5.41, 5.74) is 1.21. The van der Waals surface area contributed by atoms with Gasteiger partial charge < -0.3 is 20.1 Å². The number of nitrogens with one attached hydrogen (secondary N) is 1. The van der Waals surface area contributed by atoms with Gasteiger partial charge >= 0.3 is 0 Å². The molecule has 32 heavy (non-hydrogen) atoms. The maximum absolute atomic E-state index is 10.6. The van der Waals surface area contributed by atoms with E-state index in [1.165, 1.54) is 16.5 Å². The molecule has 4 aromatic carbocycles. The first-order chi connectivity index (χ1) is 15.8. The van der Waals surface area contributed by atoms with E-state index in [9.17, 15) is 5.11 Å². The molecule has 0 aliphatic carbocycles. The highest BCUT2D eigenvalue weighted by Crippen LogP contribution is 2.27. The summed E-state index contributed by atoms with van der Waals surface area (Å²) in [6.07, 6.45) is 1.64. The van der Waals surface area contributed by atoms with Gasteiger partial charge in [-0.15, -0.1) is 0 Å². The van der Waals surface area contributed by atoms with Crippen molar-refractivity contribution in [3.63, 3.8) is 0 Å². The number of hydrogen-bond acceptors (Lipinski definition) is 4. The first kappa shape index (κ1) is 20.8. The van der Waals surface area contributed by atoms with E-state index in [0.29, 0.717) is 19.2 Å². The third kappa shape index (κ3) is 4.72. The van der Waals surface area contributed by atoms with Gasteiger partial charge in [-0.2, -0.15) is 0 Å². The summed E-state index contributed by atoms with van der Waals surface area (Å²) in [4.78, 5) is 2.35. The molecule has 0 amide bonds. The fourth-order valence-corrected chi connectivity index (χ4v) is 4.69. The van der Waals surface area contributed by atoms with Crippen molar-refractivity contribution in [3.8, 4) is 5.75 Å². The van der Waals surface area contributed by atoms with Crippen molar-refractivity contribution in [1.82, 2.24) is 4.90 Å². The monoisotopic (exact) mass is 426 g/mol. The lowest BCUT2D eigenvalue weighted by atomic mass is 10.0. The van der Waals surface area contributed by atoms with E-state index in [-0.39, 0.29) is 0 Å². The van der Waals surface area contributed by atoms with Crippen molar-refractivity contribution < 1.29 is 9.84 Å². The molecule has 0 aromatic heterocycles. The summed E-state index contributed by atoms with van der Waals surface area (Å²) >= 11 is 0. The number of nitrogens with zero attached hydrogens (tertiary/aromatic N) is 1. The summed E-state index contributed by atoms with van der Waals surface area (Å²) < 4.78 is 5.97. The minimum atomic E-state index is -0.503. The molecular formula is C28H30N2O2. The number of anilines is 1. The van der Waals surface area contributed by atoms with Gasteiger partial charge in [0.25, 0.3) is 0 Å². The van der Waals surface area contributed by atoms with Crippen LogP contribution < -0.4 is 10.1 Å². The van der Waals surface area contributed by atoms with E-state index in [0.717, 1.165) is 42.5 Å². The molecule has 2 N–H and O–H groups in total. The Labute approximate surface area is 189 Å². The van der Waals surface area contributed by atoms with Crippen molar-refractivity contribution in [1.29, 1.82) is 0 Å². The Morgan fingerprint density at radius 1 is 0.812 bits per heavy atom. The molecule has 1 saturated heterocycles. The number of ether oxygens (including phenoxy) is 1. The van der Waals surface area contributed by atoms with Crippen molar-refractivity contribution >= 4 is 27.2 Å². The Kier molecular flexibility index (Phi) is 6.24. The first-order valence-corrected chi connectivity index (χ1v) is 11.5. The Bertz CT molecular complexity index is 1170. The van der Waals surface area contributed by atoms with E-state index in [4.69, 9.17) is 4.74 Å². The molecule has 1 fully saturated rings. The Morgan fingerprint density at radius 2 is 1.44 bits per heavy atom. The molecule has 1 atom stereocenters. The summed E-state index contributed by atoms with van der Waals surface area (Å²) in [6.45, 7) is 2.91. The highest BCUT2D eigenvalue weighted by Gasteiger charge is 2.21. The summed E-state index contributed by atoms with van der Waals surface area (Å²) in [7, 11) is 0. The Morgan fingerprint density at radius 3 is 2.22 bits per heavy atom. The topological polar surface area (TPSA) is 44.7 Å². The molecule has 1 aliphatic heterocycles. The van der Waals surface area contributed by atoms with E-state index < -0.39 is 6.10 Å². The molecule has 0 unspecified atom stereocenters. The number of aliphatic hydroxyl groups excluding tert-OH is 1. The number of rotatable bonds is 7. The molecule has 1 heterocycles. The van der Waals surface area contributed by atoms with Gasteiger partial charge in [0.1, 0.15) is 18.5 Å². The number of fused-ring (bicyclic) bond motifs is 2. The minimum Gasteiger partial charge on any atom is -0.490 e. The number of likely N-dealkylation sites (tertiary alicyclic amines) is 1. The quantitative estimate of drug-likeness (QED) is 0.420. The highest BCUT2D eigenvalue weighted by molar-refractivity contribution is 5.93. The van der Waals surface area contributed by atoms with Crippen LogP contribution in [0.15, 0.2) is 84.9 Å². The van der Waals surface area contributed by atoms with Crippen molar-refractivity contribution in [2.45, 2.75) is 25.0 Å². The van der Waals surface area contributed by atoms with E-state index in [2.05, 4.69) is 70.9 Å². The molecule has 0 saturated carbocycles. The number of benzene rings is 4. The second-order valence-corrected chi connectivity index (χ2v) is 8.69. The van der Waals surface area contributed by atoms with Gasteiger partial charge in [-0.25, -0.2) is 0 Å². The fourth-order valence-electron chi connectivity index (χ4n) is 4.69. The lowest BCUT2D eigenvalue weighted by molar-refractivity contribution is 0.0610. The fraction of sp³-hybridized carbons (Fsp3) is 0.286. The van der Waals surface area contributed by atoms with Crippen LogP contribution in [0.5, 0.6) is 5.75 Å². The molecule has 4 heteroatoms. The largest absolute Gasteiger partial charge is 0.490 e. The van der Waals surface area contributed by atoms with Crippen LogP contribution in [0.3, 0.4) is 0 Å². The van der Waals surface area contributed by atoms with Gasteiger partial charge in [0, 0.05) is 42.1 Å². The third-order valence-electron chi connectivity index (χ3n) is 6.39. The van der Waals surface area contributed by atoms with Crippen LogP contribution in [-0.4, -0.2) is 48.4 Å². The minimum absolute atomic E-state index is 0.308. The SMILES string of the molecule is O[C@@H](COc1cccc2ccccc12)CN1CCC(Nc2cccc3ccccc23)CC1. The third-order valence-corrected chi connectivity index (χ3v) is 6.39.